The molecular formula is C20H21ClN4O3. The van der Waals surface area contributed by atoms with E-state index >= 15 is 0 Å². The van der Waals surface area contributed by atoms with Crippen LogP contribution in [0.5, 0.6) is 11.6 Å². The average Bonchev–Trinajstić information content (AvgIpc) is 3.07. The summed E-state index contributed by atoms with van der Waals surface area (Å²) in [5.74, 6) is 1.50. The van der Waals surface area contributed by atoms with Gasteiger partial charge in [0.25, 0.3) is 5.91 Å². The first kappa shape index (κ1) is 19.7. The van der Waals surface area contributed by atoms with Gasteiger partial charge in [-0.3, -0.25) is 4.79 Å². The van der Waals surface area contributed by atoms with E-state index in [0.29, 0.717) is 34.5 Å². The molecule has 0 bridgehead atoms. The van der Waals surface area contributed by atoms with Gasteiger partial charge in [-0.05, 0) is 44.2 Å². The van der Waals surface area contributed by atoms with Crippen LogP contribution in [0.4, 0.5) is 5.69 Å². The predicted octanol–water partition coefficient (Wildman–Crippen LogP) is 4.09. The Morgan fingerprint density at radius 2 is 2.00 bits per heavy atom. The lowest BCUT2D eigenvalue weighted by atomic mass is 10.2. The number of halogens is 1. The number of nitrogens with zero attached hydrogens (tertiary/aromatic N) is 3. The van der Waals surface area contributed by atoms with Crippen molar-refractivity contribution in [2.75, 3.05) is 5.32 Å². The first-order valence-electron chi connectivity index (χ1n) is 8.75. The normalized spacial score (nSPS) is 10.8. The van der Waals surface area contributed by atoms with Gasteiger partial charge in [0.15, 0.2) is 0 Å². The molecular weight excluding hydrogens is 380 g/mol. The maximum Gasteiger partial charge on any atom is 0.257 e. The molecule has 0 spiro atoms. The molecule has 7 nitrogen and oxygen atoms in total. The van der Waals surface area contributed by atoms with Gasteiger partial charge in [-0.25, -0.2) is 9.97 Å². The molecule has 0 aliphatic carbocycles. The first-order chi connectivity index (χ1) is 13.4. The molecule has 0 unspecified atom stereocenters. The van der Waals surface area contributed by atoms with Crippen LogP contribution in [0, 0.1) is 0 Å². The van der Waals surface area contributed by atoms with Crippen molar-refractivity contribution in [3.05, 3.63) is 65.3 Å². The van der Waals surface area contributed by atoms with E-state index in [1.165, 1.54) is 12.3 Å². The van der Waals surface area contributed by atoms with Gasteiger partial charge in [-0.2, -0.15) is 0 Å². The Kier molecular flexibility index (Phi) is 6.16. The predicted molar refractivity (Wildman–Crippen MR) is 107 cm³/mol. The largest absolute Gasteiger partial charge is 0.486 e. The zero-order valence-electron chi connectivity index (χ0n) is 15.8. The van der Waals surface area contributed by atoms with Crippen molar-refractivity contribution in [3.8, 4) is 11.6 Å². The Labute approximate surface area is 168 Å². The molecule has 2 heterocycles. The quantitative estimate of drug-likeness (QED) is 0.646. The van der Waals surface area contributed by atoms with E-state index in [2.05, 4.69) is 15.3 Å². The van der Waals surface area contributed by atoms with Crippen molar-refractivity contribution in [1.29, 1.82) is 0 Å². The molecule has 0 aliphatic heterocycles. The average molecular weight is 401 g/mol. The topological polar surface area (TPSA) is 78.3 Å². The van der Waals surface area contributed by atoms with Crippen LogP contribution < -0.4 is 14.8 Å². The third-order valence-electron chi connectivity index (χ3n) is 3.82. The molecule has 1 N–H and O–H groups in total. The number of hydrogen-bond acceptors (Lipinski definition) is 5. The number of rotatable bonds is 7. The number of imidazole rings is 1. The van der Waals surface area contributed by atoms with Crippen LogP contribution in [0.2, 0.25) is 5.02 Å². The minimum absolute atomic E-state index is 0.0530. The number of benzene rings is 1. The highest BCUT2D eigenvalue weighted by Gasteiger charge is 2.12. The lowest BCUT2D eigenvalue weighted by molar-refractivity contribution is 0.102. The van der Waals surface area contributed by atoms with Crippen LogP contribution in [-0.2, 0) is 13.7 Å². The Balaban J connectivity index is 1.59. The van der Waals surface area contributed by atoms with Crippen molar-refractivity contribution >= 4 is 23.2 Å². The minimum Gasteiger partial charge on any atom is -0.486 e. The Hall–Kier alpha value is -3.06. The summed E-state index contributed by atoms with van der Waals surface area (Å²) < 4.78 is 13.1. The van der Waals surface area contributed by atoms with Crippen LogP contribution >= 0.6 is 11.6 Å². The molecule has 146 valence electrons. The summed E-state index contributed by atoms with van der Waals surface area (Å²) in [6.07, 6.45) is 4.96. The fourth-order valence-electron chi connectivity index (χ4n) is 2.38. The number of ether oxygens (including phenoxy) is 2. The molecule has 3 rings (SSSR count). The molecule has 0 saturated carbocycles. The number of carbonyl (C=O) groups is 1. The van der Waals surface area contributed by atoms with Crippen molar-refractivity contribution in [1.82, 2.24) is 14.5 Å². The minimum atomic E-state index is -0.313. The van der Waals surface area contributed by atoms with Crippen LogP contribution in [0.15, 0.2) is 48.9 Å². The number of aromatic nitrogens is 3. The highest BCUT2D eigenvalue weighted by atomic mass is 35.5. The van der Waals surface area contributed by atoms with E-state index in [4.69, 9.17) is 21.1 Å². The first-order valence-corrected chi connectivity index (χ1v) is 9.13. The van der Waals surface area contributed by atoms with Gasteiger partial charge in [0, 0.05) is 31.3 Å². The standard InChI is InChI=1S/C20H21ClN4O3/c1-13(2)28-20-17(21)10-14(11-23-20)19(26)24-15-4-6-16(7-5-15)27-12-18-22-8-9-25(18)3/h4-11,13H,12H2,1-3H3,(H,24,26). The maximum absolute atomic E-state index is 12.4. The molecule has 0 saturated heterocycles. The van der Waals surface area contributed by atoms with Gasteiger partial charge in [0.05, 0.1) is 11.7 Å². The van der Waals surface area contributed by atoms with Crippen molar-refractivity contribution < 1.29 is 14.3 Å². The second-order valence-electron chi connectivity index (χ2n) is 6.40. The zero-order chi connectivity index (χ0) is 20.1. The molecule has 3 aromatic rings. The number of carbonyl (C=O) groups excluding carboxylic acids is 1. The Morgan fingerprint density at radius 1 is 1.25 bits per heavy atom. The second kappa shape index (κ2) is 8.75. The molecule has 0 aliphatic rings. The molecule has 2 aromatic heterocycles. The van der Waals surface area contributed by atoms with E-state index in [-0.39, 0.29) is 12.0 Å². The molecule has 0 radical (unpaired) electrons. The van der Waals surface area contributed by atoms with E-state index in [0.717, 1.165) is 5.82 Å². The second-order valence-corrected chi connectivity index (χ2v) is 6.81. The van der Waals surface area contributed by atoms with Crippen molar-refractivity contribution in [2.24, 2.45) is 7.05 Å². The van der Waals surface area contributed by atoms with Crippen LogP contribution in [0.25, 0.3) is 0 Å². The lowest BCUT2D eigenvalue weighted by Gasteiger charge is -2.11. The summed E-state index contributed by atoms with van der Waals surface area (Å²) in [6, 6.07) is 8.62. The van der Waals surface area contributed by atoms with Crippen LogP contribution in [-0.4, -0.2) is 26.5 Å². The maximum atomic E-state index is 12.4. The van der Waals surface area contributed by atoms with Gasteiger partial charge >= 0.3 is 0 Å². The van der Waals surface area contributed by atoms with Gasteiger partial charge in [0.2, 0.25) is 5.88 Å². The molecule has 0 fully saturated rings. The fourth-order valence-corrected chi connectivity index (χ4v) is 2.59. The van der Waals surface area contributed by atoms with E-state index in [9.17, 15) is 4.79 Å². The van der Waals surface area contributed by atoms with Crippen LogP contribution in [0.3, 0.4) is 0 Å². The number of aryl methyl sites for hydroxylation is 1. The summed E-state index contributed by atoms with van der Waals surface area (Å²) >= 11 is 6.14. The Bertz CT molecular complexity index is 954. The van der Waals surface area contributed by atoms with E-state index in [1.807, 2.05) is 31.7 Å². The number of pyridine rings is 1. The SMILES string of the molecule is CC(C)Oc1ncc(C(=O)Nc2ccc(OCc3nccn3C)cc2)cc1Cl. The van der Waals surface area contributed by atoms with Crippen LogP contribution in [0.1, 0.15) is 30.0 Å². The smallest absolute Gasteiger partial charge is 0.257 e. The van der Waals surface area contributed by atoms with Gasteiger partial charge in [0.1, 0.15) is 23.2 Å². The highest BCUT2D eigenvalue weighted by Crippen LogP contribution is 2.24. The number of hydrogen-bond donors (Lipinski definition) is 1. The number of amides is 1. The lowest BCUT2D eigenvalue weighted by Crippen LogP contribution is -2.13. The monoisotopic (exact) mass is 400 g/mol. The summed E-state index contributed by atoms with van der Waals surface area (Å²) in [5.41, 5.74) is 0.976. The third kappa shape index (κ3) is 5.01. The summed E-state index contributed by atoms with van der Waals surface area (Å²) in [4.78, 5) is 20.7. The molecule has 1 aromatic carbocycles. The summed E-state index contributed by atoms with van der Waals surface area (Å²) in [6.45, 7) is 4.12. The fraction of sp³-hybridized carbons (Fsp3) is 0.250. The van der Waals surface area contributed by atoms with Gasteiger partial charge in [-0.1, -0.05) is 11.6 Å². The Morgan fingerprint density at radius 3 is 2.61 bits per heavy atom. The zero-order valence-corrected chi connectivity index (χ0v) is 16.6. The van der Waals surface area contributed by atoms with Gasteiger partial charge < -0.3 is 19.4 Å². The number of anilines is 1. The summed E-state index contributed by atoms with van der Waals surface area (Å²) in [5, 5.41) is 3.09. The molecule has 1 amide bonds. The van der Waals surface area contributed by atoms with Gasteiger partial charge in [-0.15, -0.1) is 0 Å². The molecule has 28 heavy (non-hydrogen) atoms. The van der Waals surface area contributed by atoms with E-state index < -0.39 is 0 Å². The highest BCUT2D eigenvalue weighted by molar-refractivity contribution is 6.32. The summed E-state index contributed by atoms with van der Waals surface area (Å²) in [7, 11) is 1.91. The molecule has 0 atom stereocenters. The molecule has 8 heteroatoms. The number of nitrogens with one attached hydrogen (secondary N) is 1. The third-order valence-corrected chi connectivity index (χ3v) is 4.09. The van der Waals surface area contributed by atoms with E-state index in [1.54, 1.807) is 30.5 Å². The van der Waals surface area contributed by atoms with Crippen molar-refractivity contribution in [2.45, 2.75) is 26.6 Å². The van der Waals surface area contributed by atoms with Crippen molar-refractivity contribution in [3.63, 3.8) is 0 Å².